The Labute approximate surface area is 160 Å². The van der Waals surface area contributed by atoms with Crippen LogP contribution in [0.3, 0.4) is 0 Å². The molecule has 0 aromatic rings. The highest BCUT2D eigenvalue weighted by Gasteiger charge is 2.24. The lowest BCUT2D eigenvalue weighted by molar-refractivity contribution is -0.151. The van der Waals surface area contributed by atoms with Crippen LogP contribution in [-0.4, -0.2) is 105 Å². The van der Waals surface area contributed by atoms with E-state index in [-0.39, 0.29) is 26.2 Å². The number of carbonyl (C=O) groups is 5. The quantitative estimate of drug-likeness (QED) is 0.123. The van der Waals surface area contributed by atoms with Crippen LogP contribution < -0.4 is 10.6 Å². The Bertz CT molecular complexity index is 510. The topological polar surface area (TPSA) is 214 Å². The molecule has 0 aliphatic heterocycles. The molecule has 0 heterocycles. The second kappa shape index (κ2) is 15.3. The monoisotopic (exact) mass is 409 g/mol. The van der Waals surface area contributed by atoms with Crippen LogP contribution in [-0.2, 0) is 24.0 Å². The van der Waals surface area contributed by atoms with Crippen molar-refractivity contribution < 1.29 is 49.5 Å². The summed E-state index contributed by atoms with van der Waals surface area (Å²) < 4.78 is 0. The fourth-order valence-electron chi connectivity index (χ4n) is 1.79. The SMILES string of the molecule is CC(NCCNC(C(=O)O)C(=O)O)C(=O)O.CCCN(CC(=O)O)CC(=O)O. The van der Waals surface area contributed by atoms with Gasteiger partial charge in [-0.1, -0.05) is 6.92 Å². The van der Waals surface area contributed by atoms with Gasteiger partial charge in [-0.25, -0.2) is 9.59 Å². The maximum Gasteiger partial charge on any atom is 0.332 e. The minimum absolute atomic E-state index is 0.0425. The van der Waals surface area contributed by atoms with Crippen LogP contribution in [0, 0.1) is 0 Å². The molecule has 162 valence electrons. The van der Waals surface area contributed by atoms with Gasteiger partial charge < -0.3 is 30.8 Å². The van der Waals surface area contributed by atoms with Crippen LogP contribution in [0.2, 0.25) is 0 Å². The van der Waals surface area contributed by atoms with E-state index in [1.807, 2.05) is 6.92 Å². The van der Waals surface area contributed by atoms with Crippen LogP contribution >= 0.6 is 0 Å². The molecule has 0 radical (unpaired) electrons. The Morgan fingerprint density at radius 2 is 1.21 bits per heavy atom. The molecular formula is C15H27N3O10. The Morgan fingerprint density at radius 3 is 1.54 bits per heavy atom. The van der Waals surface area contributed by atoms with Crippen molar-refractivity contribution in [2.24, 2.45) is 0 Å². The van der Waals surface area contributed by atoms with Gasteiger partial charge in [-0.3, -0.25) is 24.6 Å². The number of hydrogen-bond acceptors (Lipinski definition) is 8. The van der Waals surface area contributed by atoms with Gasteiger partial charge in [0.1, 0.15) is 6.04 Å². The van der Waals surface area contributed by atoms with Crippen molar-refractivity contribution in [2.75, 3.05) is 32.7 Å². The number of carboxylic acids is 5. The lowest BCUT2D eigenvalue weighted by atomic mass is 10.3. The maximum atomic E-state index is 10.4. The van der Waals surface area contributed by atoms with Crippen molar-refractivity contribution in [3.05, 3.63) is 0 Å². The van der Waals surface area contributed by atoms with Gasteiger partial charge in [0.2, 0.25) is 6.04 Å². The van der Waals surface area contributed by atoms with Crippen LogP contribution in [0.25, 0.3) is 0 Å². The van der Waals surface area contributed by atoms with Crippen LogP contribution in [0.5, 0.6) is 0 Å². The highest BCUT2D eigenvalue weighted by atomic mass is 16.4. The minimum atomic E-state index is -1.68. The molecule has 7 N–H and O–H groups in total. The van der Waals surface area contributed by atoms with Crippen LogP contribution in [0.1, 0.15) is 20.3 Å². The summed E-state index contributed by atoms with van der Waals surface area (Å²) in [6.07, 6.45) is 0.751. The van der Waals surface area contributed by atoms with Gasteiger partial charge >= 0.3 is 29.8 Å². The predicted octanol–water partition coefficient (Wildman–Crippen LogP) is -1.96. The minimum Gasteiger partial charge on any atom is -0.480 e. The van der Waals surface area contributed by atoms with Crippen LogP contribution in [0.4, 0.5) is 0 Å². The Morgan fingerprint density at radius 1 is 0.786 bits per heavy atom. The second-order valence-corrected chi connectivity index (χ2v) is 5.58. The lowest BCUT2D eigenvalue weighted by Gasteiger charge is -2.15. The first kappa shape index (κ1) is 27.4. The molecule has 0 bridgehead atoms. The number of aliphatic carboxylic acids is 5. The van der Waals surface area contributed by atoms with E-state index >= 15 is 0 Å². The molecule has 0 aliphatic rings. The molecule has 0 amide bonds. The molecular weight excluding hydrogens is 382 g/mol. The molecule has 1 unspecified atom stereocenters. The Kier molecular flexibility index (Phi) is 15.0. The van der Waals surface area contributed by atoms with Gasteiger partial charge in [0.05, 0.1) is 13.1 Å². The largest absolute Gasteiger partial charge is 0.480 e. The number of hydrogen-bond donors (Lipinski definition) is 7. The number of nitrogens with one attached hydrogen (secondary N) is 2. The highest BCUT2D eigenvalue weighted by molar-refractivity contribution is 5.97. The zero-order valence-corrected chi connectivity index (χ0v) is 15.6. The van der Waals surface area contributed by atoms with E-state index in [1.54, 1.807) is 0 Å². The van der Waals surface area contributed by atoms with E-state index in [2.05, 4.69) is 10.6 Å². The molecule has 0 fully saturated rings. The van der Waals surface area contributed by atoms with Gasteiger partial charge in [-0.2, -0.15) is 0 Å². The van der Waals surface area contributed by atoms with Crippen molar-refractivity contribution >= 4 is 29.8 Å². The molecule has 28 heavy (non-hydrogen) atoms. The predicted molar refractivity (Wildman–Crippen MR) is 94.2 cm³/mol. The zero-order chi connectivity index (χ0) is 22.3. The van der Waals surface area contributed by atoms with Gasteiger partial charge in [-0.05, 0) is 19.9 Å². The molecule has 0 aromatic carbocycles. The molecule has 0 rings (SSSR count). The summed E-state index contributed by atoms with van der Waals surface area (Å²) in [5.74, 6) is -6.00. The Hall–Kier alpha value is -2.77. The van der Waals surface area contributed by atoms with E-state index in [1.165, 1.54) is 11.8 Å². The normalized spacial score (nSPS) is 11.4. The van der Waals surface area contributed by atoms with Crippen molar-refractivity contribution in [3.63, 3.8) is 0 Å². The first-order valence-electron chi connectivity index (χ1n) is 8.23. The summed E-state index contributed by atoms with van der Waals surface area (Å²) >= 11 is 0. The molecule has 13 nitrogen and oxygen atoms in total. The summed E-state index contributed by atoms with van der Waals surface area (Å²) in [4.78, 5) is 53.1. The Balaban J connectivity index is 0. The van der Waals surface area contributed by atoms with Crippen molar-refractivity contribution in [1.29, 1.82) is 0 Å². The molecule has 0 spiro atoms. The lowest BCUT2D eigenvalue weighted by Crippen LogP contribution is -2.47. The van der Waals surface area contributed by atoms with Crippen LogP contribution in [0.15, 0.2) is 0 Å². The first-order chi connectivity index (χ1) is 12.9. The molecule has 13 heteroatoms. The van der Waals surface area contributed by atoms with Gasteiger partial charge in [0.15, 0.2) is 0 Å². The fourth-order valence-corrected chi connectivity index (χ4v) is 1.79. The summed E-state index contributed by atoms with van der Waals surface area (Å²) in [5, 5.41) is 47.1. The third kappa shape index (κ3) is 15.5. The smallest absolute Gasteiger partial charge is 0.332 e. The van der Waals surface area contributed by atoms with Gasteiger partial charge in [0, 0.05) is 13.1 Å². The molecule has 0 saturated heterocycles. The summed E-state index contributed by atoms with van der Waals surface area (Å²) in [7, 11) is 0. The van der Waals surface area contributed by atoms with E-state index in [4.69, 9.17) is 25.5 Å². The fraction of sp³-hybridized carbons (Fsp3) is 0.667. The van der Waals surface area contributed by atoms with Crippen molar-refractivity contribution in [2.45, 2.75) is 32.4 Å². The maximum absolute atomic E-state index is 10.4. The molecule has 1 atom stereocenters. The van der Waals surface area contributed by atoms with Gasteiger partial charge in [-0.15, -0.1) is 0 Å². The van der Waals surface area contributed by atoms with Crippen molar-refractivity contribution in [1.82, 2.24) is 15.5 Å². The summed E-state index contributed by atoms with van der Waals surface area (Å²) in [5.41, 5.74) is 0. The molecule has 0 aromatic heterocycles. The van der Waals surface area contributed by atoms with E-state index in [0.717, 1.165) is 6.42 Å². The highest BCUT2D eigenvalue weighted by Crippen LogP contribution is 1.90. The number of carboxylic acid groups (broad SMARTS) is 5. The molecule has 0 saturated carbocycles. The van der Waals surface area contributed by atoms with E-state index in [9.17, 15) is 24.0 Å². The summed E-state index contributed by atoms with van der Waals surface area (Å²) in [6, 6.07) is -2.45. The average Bonchev–Trinajstić information content (AvgIpc) is 2.53. The average molecular weight is 409 g/mol. The second-order valence-electron chi connectivity index (χ2n) is 5.58. The van der Waals surface area contributed by atoms with Crippen molar-refractivity contribution in [3.8, 4) is 0 Å². The first-order valence-corrected chi connectivity index (χ1v) is 8.23. The third-order valence-corrected chi connectivity index (χ3v) is 3.05. The molecule has 0 aliphatic carbocycles. The van der Waals surface area contributed by atoms with E-state index in [0.29, 0.717) is 6.54 Å². The zero-order valence-electron chi connectivity index (χ0n) is 15.6. The third-order valence-electron chi connectivity index (χ3n) is 3.05. The number of rotatable bonds is 14. The van der Waals surface area contributed by atoms with E-state index < -0.39 is 41.9 Å². The number of nitrogens with zero attached hydrogens (tertiary/aromatic N) is 1. The van der Waals surface area contributed by atoms with Gasteiger partial charge in [0.25, 0.3) is 0 Å². The standard InChI is InChI=1S/C8H14N2O6.C7H13NO4/c1-4(6(11)12)9-2-3-10-5(7(13)14)8(15)16;1-2-3-8(4-6(9)10)5-7(11)12/h4-5,9-10H,2-3H2,1H3,(H,11,12)(H,13,14)(H,15,16);2-5H2,1H3,(H,9,10)(H,11,12). The summed E-state index contributed by atoms with van der Waals surface area (Å²) in [6.45, 7) is 3.58.